The Morgan fingerprint density at radius 3 is 2.55 bits per heavy atom. The number of nitrogens with zero attached hydrogens (tertiary/aromatic N) is 4. The first-order chi connectivity index (χ1) is 13.9. The lowest BCUT2D eigenvalue weighted by atomic mass is 9.90. The first-order valence-corrected chi connectivity index (χ1v) is 9.87. The number of carboxylic acids is 1. The minimum atomic E-state index is -1.04. The van der Waals surface area contributed by atoms with Crippen LogP contribution in [0.5, 0.6) is 0 Å². The molecule has 9 heteroatoms. The fourth-order valence-corrected chi connectivity index (χ4v) is 4.37. The molecule has 3 aliphatic rings. The van der Waals surface area contributed by atoms with Crippen LogP contribution in [0.2, 0.25) is 0 Å². The summed E-state index contributed by atoms with van der Waals surface area (Å²) in [5, 5.41) is 11.6. The van der Waals surface area contributed by atoms with Crippen molar-refractivity contribution in [2.24, 2.45) is 10.9 Å². The molecule has 2 fully saturated rings. The molecule has 3 amide bonds. The van der Waals surface area contributed by atoms with Crippen molar-refractivity contribution in [2.45, 2.75) is 31.5 Å². The van der Waals surface area contributed by atoms with Crippen LogP contribution in [0.15, 0.2) is 35.3 Å². The fraction of sp³-hybridized carbons (Fsp3) is 0.500. The second-order valence-electron chi connectivity index (χ2n) is 7.83. The average Bonchev–Trinajstić information content (AvgIpc) is 3.07. The zero-order chi connectivity index (χ0) is 20.5. The number of aliphatic imine (C=N–C) groups is 1. The van der Waals surface area contributed by atoms with Gasteiger partial charge in [0.2, 0.25) is 0 Å². The third kappa shape index (κ3) is 3.76. The molecule has 2 N–H and O–H groups in total. The molecule has 154 valence electrons. The summed E-state index contributed by atoms with van der Waals surface area (Å²) in [5.74, 6) is -0.489. The van der Waals surface area contributed by atoms with E-state index >= 15 is 0 Å². The van der Waals surface area contributed by atoms with Crippen LogP contribution in [0.1, 0.15) is 18.4 Å². The smallest absolute Gasteiger partial charge is 0.325 e. The Kier molecular flexibility index (Phi) is 5.12. The SMILES string of the molecule is CN1C(=O)NC(=O)C2C1N=C(N1CCC(Cc3ccccc3)CC1)N2CC(=O)O. The Morgan fingerprint density at radius 1 is 1.21 bits per heavy atom. The maximum atomic E-state index is 12.4. The van der Waals surface area contributed by atoms with E-state index in [1.165, 1.54) is 15.4 Å². The van der Waals surface area contributed by atoms with Gasteiger partial charge in [-0.15, -0.1) is 0 Å². The molecule has 2 atom stereocenters. The van der Waals surface area contributed by atoms with Gasteiger partial charge >= 0.3 is 12.0 Å². The number of benzene rings is 1. The highest BCUT2D eigenvalue weighted by Crippen LogP contribution is 2.28. The van der Waals surface area contributed by atoms with E-state index in [1.807, 2.05) is 23.1 Å². The number of amides is 3. The van der Waals surface area contributed by atoms with Gasteiger partial charge in [-0.25, -0.2) is 9.79 Å². The number of guanidine groups is 1. The van der Waals surface area contributed by atoms with Crippen LogP contribution in [0, 0.1) is 5.92 Å². The zero-order valence-electron chi connectivity index (χ0n) is 16.3. The molecular weight excluding hydrogens is 374 g/mol. The maximum absolute atomic E-state index is 12.4. The monoisotopic (exact) mass is 399 g/mol. The molecule has 0 saturated carbocycles. The summed E-state index contributed by atoms with van der Waals surface area (Å²) in [6.45, 7) is 1.15. The summed E-state index contributed by atoms with van der Waals surface area (Å²) in [7, 11) is 1.57. The van der Waals surface area contributed by atoms with Crippen LogP contribution >= 0.6 is 0 Å². The number of imide groups is 1. The van der Waals surface area contributed by atoms with Gasteiger partial charge in [-0.3, -0.25) is 14.9 Å². The molecule has 0 radical (unpaired) electrons. The van der Waals surface area contributed by atoms with E-state index in [9.17, 15) is 19.5 Å². The fourth-order valence-electron chi connectivity index (χ4n) is 4.37. The molecule has 4 rings (SSSR count). The molecule has 1 aromatic rings. The van der Waals surface area contributed by atoms with Gasteiger partial charge in [-0.1, -0.05) is 30.3 Å². The Labute approximate surface area is 169 Å². The maximum Gasteiger partial charge on any atom is 0.325 e. The van der Waals surface area contributed by atoms with E-state index in [1.54, 1.807) is 7.05 Å². The second kappa shape index (κ2) is 7.73. The lowest BCUT2D eigenvalue weighted by molar-refractivity contribution is -0.138. The van der Waals surface area contributed by atoms with Crippen LogP contribution in [0.3, 0.4) is 0 Å². The predicted octanol–water partition coefficient (Wildman–Crippen LogP) is 0.574. The van der Waals surface area contributed by atoms with Crippen LogP contribution in [0.4, 0.5) is 4.79 Å². The summed E-state index contributed by atoms with van der Waals surface area (Å²) < 4.78 is 0. The molecule has 3 heterocycles. The number of nitrogens with one attached hydrogen (secondary N) is 1. The van der Waals surface area contributed by atoms with Crippen molar-refractivity contribution in [2.75, 3.05) is 26.7 Å². The van der Waals surface area contributed by atoms with Crippen molar-refractivity contribution in [3.8, 4) is 0 Å². The third-order valence-electron chi connectivity index (χ3n) is 5.91. The van der Waals surface area contributed by atoms with Crippen molar-refractivity contribution in [3.63, 3.8) is 0 Å². The molecule has 1 aromatic carbocycles. The molecule has 9 nitrogen and oxygen atoms in total. The number of likely N-dealkylation sites (N-methyl/N-ethyl adjacent to an activating group) is 1. The first kappa shape index (κ1) is 19.2. The van der Waals surface area contributed by atoms with Gasteiger partial charge in [-0.2, -0.15) is 0 Å². The quantitative estimate of drug-likeness (QED) is 0.767. The number of likely N-dealkylation sites (tertiary alicyclic amines) is 1. The lowest BCUT2D eigenvalue weighted by Gasteiger charge is -2.39. The number of hydrogen-bond donors (Lipinski definition) is 2. The normalized spacial score (nSPS) is 25.0. The summed E-state index contributed by atoms with van der Waals surface area (Å²) in [6.07, 6.45) is 2.24. The largest absolute Gasteiger partial charge is 0.480 e. The number of rotatable bonds is 4. The van der Waals surface area contributed by atoms with E-state index in [0.29, 0.717) is 11.9 Å². The number of urea groups is 1. The molecule has 3 aliphatic heterocycles. The van der Waals surface area contributed by atoms with Gasteiger partial charge in [0.05, 0.1) is 0 Å². The topological polar surface area (TPSA) is 106 Å². The Balaban J connectivity index is 1.48. The molecule has 0 spiro atoms. The third-order valence-corrected chi connectivity index (χ3v) is 5.91. The van der Waals surface area contributed by atoms with Crippen molar-refractivity contribution < 1.29 is 19.5 Å². The number of carbonyl (C=O) groups is 3. The highest BCUT2D eigenvalue weighted by atomic mass is 16.4. The average molecular weight is 399 g/mol. The predicted molar refractivity (Wildman–Crippen MR) is 105 cm³/mol. The van der Waals surface area contributed by atoms with E-state index in [0.717, 1.165) is 32.4 Å². The molecule has 2 saturated heterocycles. The first-order valence-electron chi connectivity index (χ1n) is 9.87. The highest BCUT2D eigenvalue weighted by Gasteiger charge is 2.50. The highest BCUT2D eigenvalue weighted by molar-refractivity contribution is 6.04. The van der Waals surface area contributed by atoms with Gasteiger partial charge in [0.1, 0.15) is 6.54 Å². The Morgan fingerprint density at radius 2 is 1.90 bits per heavy atom. The second-order valence-corrected chi connectivity index (χ2v) is 7.83. The summed E-state index contributed by atoms with van der Waals surface area (Å²) in [6, 6.07) is 9.05. The lowest BCUT2D eigenvalue weighted by Crippen LogP contribution is -2.64. The van der Waals surface area contributed by atoms with Crippen molar-refractivity contribution in [1.29, 1.82) is 0 Å². The standard InChI is InChI=1S/C20H25N5O4/c1-23-17-16(18(28)22-20(23)29)25(12-15(26)27)19(21-17)24-9-7-14(8-10-24)11-13-5-3-2-4-6-13/h2-6,14,16-17H,7-12H2,1H3,(H,26,27)(H,22,28,29). The number of aliphatic carboxylic acids is 1. The molecule has 0 bridgehead atoms. The number of piperidine rings is 1. The van der Waals surface area contributed by atoms with E-state index in [2.05, 4.69) is 22.4 Å². The summed E-state index contributed by atoms with van der Waals surface area (Å²) >= 11 is 0. The summed E-state index contributed by atoms with van der Waals surface area (Å²) in [4.78, 5) is 45.3. The Hall–Kier alpha value is -3.10. The molecular formula is C20H25N5O4. The molecule has 29 heavy (non-hydrogen) atoms. The van der Waals surface area contributed by atoms with Crippen LogP contribution < -0.4 is 5.32 Å². The van der Waals surface area contributed by atoms with Crippen LogP contribution in [-0.2, 0) is 16.0 Å². The van der Waals surface area contributed by atoms with Gasteiger partial charge in [0, 0.05) is 20.1 Å². The Bertz CT molecular complexity index is 835. The number of hydrogen-bond acceptors (Lipinski definition) is 6. The van der Waals surface area contributed by atoms with Crippen molar-refractivity contribution in [1.82, 2.24) is 20.0 Å². The number of carboxylic acid groups (broad SMARTS) is 1. The van der Waals surface area contributed by atoms with E-state index in [4.69, 9.17) is 0 Å². The van der Waals surface area contributed by atoms with E-state index in [-0.39, 0.29) is 6.54 Å². The minimum Gasteiger partial charge on any atom is -0.480 e. The summed E-state index contributed by atoms with van der Waals surface area (Å²) in [5.41, 5.74) is 1.32. The van der Waals surface area contributed by atoms with Crippen LogP contribution in [0.25, 0.3) is 0 Å². The zero-order valence-corrected chi connectivity index (χ0v) is 16.3. The number of carbonyl (C=O) groups excluding carboxylic acids is 2. The van der Waals surface area contributed by atoms with Gasteiger partial charge in [-0.05, 0) is 30.7 Å². The van der Waals surface area contributed by atoms with Crippen molar-refractivity contribution in [3.05, 3.63) is 35.9 Å². The molecule has 0 aromatic heterocycles. The van der Waals surface area contributed by atoms with Gasteiger partial charge < -0.3 is 19.8 Å². The number of fused-ring (bicyclic) bond motifs is 1. The minimum absolute atomic E-state index is 0.334. The van der Waals surface area contributed by atoms with Gasteiger partial charge in [0.25, 0.3) is 5.91 Å². The van der Waals surface area contributed by atoms with Gasteiger partial charge in [0.15, 0.2) is 18.2 Å². The van der Waals surface area contributed by atoms with Crippen molar-refractivity contribution >= 4 is 23.9 Å². The molecule has 2 unspecified atom stereocenters. The van der Waals surface area contributed by atoms with Crippen LogP contribution in [-0.4, -0.2) is 82.6 Å². The molecule has 0 aliphatic carbocycles. The van der Waals surface area contributed by atoms with E-state index < -0.39 is 30.1 Å².